The van der Waals surface area contributed by atoms with Gasteiger partial charge in [0.25, 0.3) is 5.91 Å². The minimum absolute atomic E-state index is 0.0213. The number of hydrogen-bond donors (Lipinski definition) is 2. The number of nitrogens with zero attached hydrogens (tertiary/aromatic N) is 1. The maximum atomic E-state index is 13.1. The molecule has 1 unspecified atom stereocenters. The van der Waals surface area contributed by atoms with Gasteiger partial charge in [-0.1, -0.05) is 24.3 Å². The highest BCUT2D eigenvalue weighted by atomic mass is 32.2. The second-order valence-electron chi connectivity index (χ2n) is 9.33. The number of nitrogens with one attached hydrogen (secondary N) is 2. The number of alkyl halides is 3. The molecule has 1 fully saturated rings. The summed E-state index contributed by atoms with van der Waals surface area (Å²) in [6.45, 7) is 0.951. The number of carbonyl (C=O) groups is 2. The van der Waals surface area contributed by atoms with E-state index in [1.54, 1.807) is 29.2 Å². The molecule has 0 radical (unpaired) electrons. The smallest absolute Gasteiger partial charge is 0.343 e. The van der Waals surface area contributed by atoms with Gasteiger partial charge in [0.2, 0.25) is 5.91 Å². The molecule has 2 N–H and O–H groups in total. The van der Waals surface area contributed by atoms with Crippen molar-refractivity contribution in [2.24, 2.45) is 0 Å². The van der Waals surface area contributed by atoms with Crippen LogP contribution >= 0.6 is 0 Å². The second-order valence-corrected chi connectivity index (χ2v) is 11.3. The van der Waals surface area contributed by atoms with Crippen molar-refractivity contribution in [1.82, 2.24) is 15.5 Å². The maximum Gasteiger partial charge on any atom is 0.416 e. The molecule has 0 aromatic heterocycles. The number of rotatable bonds is 7. The zero-order valence-corrected chi connectivity index (χ0v) is 21.0. The molecule has 11 heteroatoms. The van der Waals surface area contributed by atoms with Crippen molar-refractivity contribution in [3.63, 3.8) is 0 Å². The first kappa shape index (κ1) is 26.9. The van der Waals surface area contributed by atoms with Crippen molar-refractivity contribution in [3.05, 3.63) is 71.3 Å². The van der Waals surface area contributed by atoms with Gasteiger partial charge in [0.05, 0.1) is 23.0 Å². The van der Waals surface area contributed by atoms with Gasteiger partial charge < -0.3 is 15.5 Å². The Bertz CT molecular complexity index is 1300. The Morgan fingerprint density at radius 2 is 1.78 bits per heavy atom. The van der Waals surface area contributed by atoms with E-state index in [1.807, 2.05) is 0 Å². The van der Waals surface area contributed by atoms with E-state index < -0.39 is 27.5 Å². The highest BCUT2D eigenvalue weighted by Crippen LogP contribution is 2.32. The van der Waals surface area contributed by atoms with Crippen LogP contribution in [0, 0.1) is 0 Å². The molecule has 2 aliphatic rings. The van der Waals surface area contributed by atoms with Gasteiger partial charge in [0, 0.05) is 31.0 Å². The molecule has 4 rings (SSSR count). The van der Waals surface area contributed by atoms with Gasteiger partial charge in [-0.2, -0.15) is 13.2 Å². The summed E-state index contributed by atoms with van der Waals surface area (Å²) >= 11 is 0. The lowest BCUT2D eigenvalue weighted by Gasteiger charge is -2.44. The van der Waals surface area contributed by atoms with E-state index in [-0.39, 0.29) is 35.0 Å². The first-order chi connectivity index (χ1) is 17.4. The lowest BCUT2D eigenvalue weighted by molar-refractivity contribution is -0.138. The molecule has 1 heterocycles. The van der Waals surface area contributed by atoms with E-state index in [1.165, 1.54) is 6.07 Å². The number of halogens is 3. The first-order valence-electron chi connectivity index (χ1n) is 11.9. The summed E-state index contributed by atoms with van der Waals surface area (Å²) in [4.78, 5) is 27.6. The predicted octanol–water partition coefficient (Wildman–Crippen LogP) is 3.28. The molecular formula is C26H28F3N3O4S. The second kappa shape index (κ2) is 10.7. The monoisotopic (exact) mass is 535 g/mol. The van der Waals surface area contributed by atoms with Crippen molar-refractivity contribution >= 4 is 27.2 Å². The molecule has 0 spiro atoms. The topological polar surface area (TPSA) is 95.6 Å². The van der Waals surface area contributed by atoms with E-state index in [9.17, 15) is 31.2 Å². The molecule has 1 saturated heterocycles. The number of hydrogen-bond acceptors (Lipinski definition) is 5. The number of allylic oxidation sites excluding steroid dienone is 1. The summed E-state index contributed by atoms with van der Waals surface area (Å²) in [5.41, 5.74) is 0.923. The molecule has 1 aliphatic carbocycles. The Morgan fingerprint density at radius 1 is 1.08 bits per heavy atom. The van der Waals surface area contributed by atoms with E-state index in [0.717, 1.165) is 35.6 Å². The third kappa shape index (κ3) is 6.40. The molecule has 2 aromatic carbocycles. The van der Waals surface area contributed by atoms with E-state index in [4.69, 9.17) is 0 Å². The lowest BCUT2D eigenvalue weighted by Crippen LogP contribution is -2.63. The van der Waals surface area contributed by atoms with Gasteiger partial charge in [-0.25, -0.2) is 8.42 Å². The highest BCUT2D eigenvalue weighted by Gasteiger charge is 2.35. The average Bonchev–Trinajstić information content (AvgIpc) is 2.83. The summed E-state index contributed by atoms with van der Waals surface area (Å²) in [5, 5.41) is 5.62. The molecule has 1 atom stereocenters. The Labute approximate surface area is 213 Å². The van der Waals surface area contributed by atoms with E-state index in [2.05, 4.69) is 16.7 Å². The number of carbonyl (C=O) groups excluding carboxylic acids is 2. The molecule has 1 aliphatic heterocycles. The number of amides is 2. The van der Waals surface area contributed by atoms with Crippen molar-refractivity contribution in [1.29, 1.82) is 0 Å². The van der Waals surface area contributed by atoms with Crippen LogP contribution in [0.15, 0.2) is 59.5 Å². The maximum absolute atomic E-state index is 13.1. The van der Waals surface area contributed by atoms with Crippen LogP contribution in [0.5, 0.6) is 0 Å². The standard InChI is InChI=1S/C26H28F3N3O4S/c1-37(35,36)23-11-7-18(8-12-23)17-5-9-21(10-6-17)32(22-14-30-15-22)24(33)16-31-25(34)19-3-2-4-20(13-19)26(27,28)29/h2-5,7-8,11-13,21-22,30H,6,9-10,14-16H2,1H3,(H,31,34). The molecular weight excluding hydrogens is 507 g/mol. The SMILES string of the molecule is CS(=O)(=O)c1ccc(C2=CCC(N(C(=O)CNC(=O)c3cccc(C(F)(F)F)c3)C3CNC3)CC2)cc1. The van der Waals surface area contributed by atoms with Gasteiger partial charge in [-0.15, -0.1) is 0 Å². The van der Waals surface area contributed by atoms with Crippen LogP contribution in [-0.2, 0) is 20.8 Å². The normalized spacial score (nSPS) is 18.5. The molecule has 2 aromatic rings. The fraction of sp³-hybridized carbons (Fsp3) is 0.385. The summed E-state index contributed by atoms with van der Waals surface area (Å²) < 4.78 is 62.3. The Morgan fingerprint density at radius 3 is 2.32 bits per heavy atom. The van der Waals surface area contributed by atoms with Crippen LogP contribution < -0.4 is 10.6 Å². The van der Waals surface area contributed by atoms with Crippen molar-refractivity contribution in [2.75, 3.05) is 25.9 Å². The Balaban J connectivity index is 1.40. The van der Waals surface area contributed by atoms with Crippen LogP contribution in [-0.4, -0.2) is 63.1 Å². The largest absolute Gasteiger partial charge is 0.416 e. The quantitative estimate of drug-likeness (QED) is 0.568. The van der Waals surface area contributed by atoms with Crippen molar-refractivity contribution in [2.45, 2.75) is 42.4 Å². The molecule has 198 valence electrons. The zero-order chi connectivity index (χ0) is 26.8. The lowest BCUT2D eigenvalue weighted by atomic mass is 9.88. The van der Waals surface area contributed by atoms with Crippen LogP contribution in [0.2, 0.25) is 0 Å². The van der Waals surface area contributed by atoms with Crippen molar-refractivity contribution < 1.29 is 31.2 Å². The third-order valence-electron chi connectivity index (χ3n) is 6.72. The van der Waals surface area contributed by atoms with Gasteiger partial charge in [0.1, 0.15) is 0 Å². The molecule has 0 bridgehead atoms. The minimum Gasteiger partial charge on any atom is -0.343 e. The number of benzene rings is 2. The van der Waals surface area contributed by atoms with Crippen LogP contribution in [0.1, 0.15) is 40.7 Å². The number of sulfone groups is 1. The van der Waals surface area contributed by atoms with Gasteiger partial charge >= 0.3 is 6.18 Å². The van der Waals surface area contributed by atoms with Gasteiger partial charge in [-0.05, 0) is 60.7 Å². The zero-order valence-electron chi connectivity index (χ0n) is 20.2. The highest BCUT2D eigenvalue weighted by molar-refractivity contribution is 7.90. The van der Waals surface area contributed by atoms with Crippen molar-refractivity contribution in [3.8, 4) is 0 Å². The molecule has 37 heavy (non-hydrogen) atoms. The third-order valence-corrected chi connectivity index (χ3v) is 7.85. The summed E-state index contributed by atoms with van der Waals surface area (Å²) in [7, 11) is -3.27. The van der Waals surface area contributed by atoms with Crippen LogP contribution in [0.25, 0.3) is 5.57 Å². The Kier molecular flexibility index (Phi) is 7.75. The fourth-order valence-electron chi connectivity index (χ4n) is 4.61. The van der Waals surface area contributed by atoms with Crippen LogP contribution in [0.4, 0.5) is 13.2 Å². The fourth-order valence-corrected chi connectivity index (χ4v) is 5.24. The molecule has 7 nitrogen and oxygen atoms in total. The van der Waals surface area contributed by atoms with Crippen LogP contribution in [0.3, 0.4) is 0 Å². The van der Waals surface area contributed by atoms with Gasteiger partial charge in [0.15, 0.2) is 9.84 Å². The minimum atomic E-state index is -4.57. The first-order valence-corrected chi connectivity index (χ1v) is 13.8. The summed E-state index contributed by atoms with van der Waals surface area (Å²) in [6, 6.07) is 10.7. The predicted molar refractivity (Wildman–Crippen MR) is 132 cm³/mol. The Hall–Kier alpha value is -3.18. The van der Waals surface area contributed by atoms with E-state index in [0.29, 0.717) is 32.4 Å². The summed E-state index contributed by atoms with van der Waals surface area (Å²) in [6.07, 6.45) is 0.649. The average molecular weight is 536 g/mol. The summed E-state index contributed by atoms with van der Waals surface area (Å²) in [5.74, 6) is -1.03. The molecule has 0 saturated carbocycles. The van der Waals surface area contributed by atoms with E-state index >= 15 is 0 Å². The van der Waals surface area contributed by atoms with Gasteiger partial charge in [-0.3, -0.25) is 9.59 Å². The molecule has 2 amide bonds.